The molecule has 2 N–H and O–H groups in total. The molecule has 1 aliphatic heterocycles. The average Bonchev–Trinajstić information content (AvgIpc) is 3.39. The van der Waals surface area contributed by atoms with E-state index in [1.807, 2.05) is 0 Å². The average molecular weight is 542 g/mol. The van der Waals surface area contributed by atoms with Gasteiger partial charge in [0.1, 0.15) is 11.5 Å². The van der Waals surface area contributed by atoms with Crippen LogP contribution >= 0.6 is 0 Å². The van der Waals surface area contributed by atoms with E-state index < -0.39 is 56.1 Å². The Labute approximate surface area is 208 Å². The van der Waals surface area contributed by atoms with Crippen molar-refractivity contribution >= 4 is 15.7 Å². The Kier molecular flexibility index (Phi) is 6.99. The van der Waals surface area contributed by atoms with E-state index in [4.69, 9.17) is 0 Å². The van der Waals surface area contributed by atoms with Crippen molar-refractivity contribution < 1.29 is 35.2 Å². The largest absolute Gasteiger partial charge is 0.433 e. The minimum Gasteiger partial charge on any atom is -0.331 e. The quantitative estimate of drug-likeness (QED) is 0.280. The molecule has 196 valence electrons. The van der Waals surface area contributed by atoms with Crippen LogP contribution in [0.4, 0.5) is 22.0 Å². The number of nitrogens with one attached hydrogen (secondary N) is 2. The highest BCUT2D eigenvalue weighted by Gasteiger charge is 2.46. The normalized spacial score (nSPS) is 17.8. The lowest BCUT2D eigenvalue weighted by Crippen LogP contribution is -2.54. The van der Waals surface area contributed by atoms with Crippen molar-refractivity contribution in [3.05, 3.63) is 71.9 Å². The third kappa shape index (κ3) is 5.30. The molecule has 2 atom stereocenters. The first-order valence-electron chi connectivity index (χ1n) is 11.0. The van der Waals surface area contributed by atoms with Crippen LogP contribution in [-0.4, -0.2) is 41.9 Å². The Hall–Kier alpha value is -3.52. The Morgan fingerprint density at radius 1 is 1.05 bits per heavy atom. The van der Waals surface area contributed by atoms with Crippen molar-refractivity contribution in [3.8, 4) is 11.3 Å². The topological polar surface area (TPSA) is 114 Å². The third-order valence-electron chi connectivity index (χ3n) is 5.94. The number of carbonyl (C=O) groups is 1. The molecule has 1 saturated heterocycles. The van der Waals surface area contributed by atoms with E-state index in [0.29, 0.717) is 25.5 Å². The SMILES string of the molecule is CC(NC(=O)C1CCCN1)(c1cc(-c2ccc(C(F)(F)F)nc2)nc(F)n1)S(=O)(=O)c1ccc(F)cc1. The molecule has 0 radical (unpaired) electrons. The molecular formula is C23H20F5N5O3S. The zero-order chi connectivity index (χ0) is 27.0. The molecule has 1 amide bonds. The van der Waals surface area contributed by atoms with Crippen molar-refractivity contribution in [1.82, 2.24) is 25.6 Å². The highest BCUT2D eigenvalue weighted by Crippen LogP contribution is 2.35. The smallest absolute Gasteiger partial charge is 0.331 e. The molecule has 0 saturated carbocycles. The predicted octanol–water partition coefficient (Wildman–Crippen LogP) is 3.35. The van der Waals surface area contributed by atoms with Gasteiger partial charge >= 0.3 is 12.3 Å². The summed E-state index contributed by atoms with van der Waals surface area (Å²) in [6.07, 6.45) is -4.19. The van der Waals surface area contributed by atoms with Crippen molar-refractivity contribution in [1.29, 1.82) is 0 Å². The van der Waals surface area contributed by atoms with Crippen LogP contribution in [0.5, 0.6) is 0 Å². The fourth-order valence-corrected chi connectivity index (χ4v) is 5.45. The lowest BCUT2D eigenvalue weighted by atomic mass is 10.1. The summed E-state index contributed by atoms with van der Waals surface area (Å²) in [5, 5.41) is 5.37. The molecule has 3 heterocycles. The maximum atomic E-state index is 14.6. The molecule has 0 bridgehead atoms. The van der Waals surface area contributed by atoms with Crippen LogP contribution in [-0.2, 0) is 25.7 Å². The number of nitrogens with zero attached hydrogens (tertiary/aromatic N) is 3. The van der Waals surface area contributed by atoms with Gasteiger partial charge in [-0.2, -0.15) is 17.6 Å². The summed E-state index contributed by atoms with van der Waals surface area (Å²) in [4.78, 5) is 20.7. The van der Waals surface area contributed by atoms with Gasteiger partial charge in [0.25, 0.3) is 0 Å². The summed E-state index contributed by atoms with van der Waals surface area (Å²) in [6, 6.07) is 5.78. The summed E-state index contributed by atoms with van der Waals surface area (Å²) in [6.45, 7) is 1.63. The van der Waals surface area contributed by atoms with Crippen molar-refractivity contribution in [2.75, 3.05) is 6.54 Å². The number of rotatable bonds is 6. The first-order valence-corrected chi connectivity index (χ1v) is 12.4. The first kappa shape index (κ1) is 26.5. The van der Waals surface area contributed by atoms with Crippen LogP contribution < -0.4 is 10.6 Å². The molecule has 0 aliphatic carbocycles. The van der Waals surface area contributed by atoms with Crippen LogP contribution in [0.15, 0.2) is 53.6 Å². The first-order chi connectivity index (χ1) is 17.3. The second kappa shape index (κ2) is 9.74. The van der Waals surface area contributed by atoms with E-state index in [1.54, 1.807) is 0 Å². The van der Waals surface area contributed by atoms with Crippen LogP contribution in [0.3, 0.4) is 0 Å². The number of halogens is 5. The van der Waals surface area contributed by atoms with Crippen molar-refractivity contribution in [3.63, 3.8) is 0 Å². The lowest BCUT2D eigenvalue weighted by molar-refractivity contribution is -0.141. The molecule has 3 aromatic rings. The second-order valence-electron chi connectivity index (χ2n) is 8.47. The maximum absolute atomic E-state index is 14.6. The number of benzene rings is 1. The van der Waals surface area contributed by atoms with Gasteiger partial charge in [-0.1, -0.05) is 0 Å². The second-order valence-corrected chi connectivity index (χ2v) is 10.8. The number of amides is 1. The molecule has 1 fully saturated rings. The van der Waals surface area contributed by atoms with Crippen LogP contribution in [0.1, 0.15) is 31.2 Å². The third-order valence-corrected chi connectivity index (χ3v) is 8.22. The maximum Gasteiger partial charge on any atom is 0.433 e. The van der Waals surface area contributed by atoms with E-state index in [0.717, 1.165) is 49.5 Å². The van der Waals surface area contributed by atoms with Gasteiger partial charge in [0.05, 0.1) is 22.3 Å². The Morgan fingerprint density at radius 2 is 1.76 bits per heavy atom. The standard InChI is InChI=1S/C23H20F5N5O3S/c1-22(33-20(34)16-3-2-10-29-16,37(35,36)15-7-5-14(24)6-8-15)19-11-17(31-21(25)32-19)13-4-9-18(30-12-13)23(26,27)28/h4-9,11-12,16,29H,2-3,10H2,1H3,(H,33,34). The van der Waals surface area contributed by atoms with E-state index in [-0.39, 0.29) is 16.2 Å². The summed E-state index contributed by atoms with van der Waals surface area (Å²) >= 11 is 0. The fourth-order valence-electron chi connectivity index (χ4n) is 3.87. The van der Waals surface area contributed by atoms with Gasteiger partial charge in [0.2, 0.25) is 15.7 Å². The molecule has 0 spiro atoms. The monoisotopic (exact) mass is 541 g/mol. The van der Waals surface area contributed by atoms with Gasteiger partial charge in [-0.15, -0.1) is 0 Å². The Balaban J connectivity index is 1.84. The van der Waals surface area contributed by atoms with Crippen molar-refractivity contribution in [2.24, 2.45) is 0 Å². The minimum absolute atomic E-state index is 0.0548. The minimum atomic E-state index is -4.71. The van der Waals surface area contributed by atoms with Gasteiger partial charge in [0.15, 0.2) is 4.87 Å². The van der Waals surface area contributed by atoms with Gasteiger partial charge in [-0.3, -0.25) is 9.78 Å². The molecule has 4 rings (SSSR count). The predicted molar refractivity (Wildman–Crippen MR) is 120 cm³/mol. The molecule has 2 aromatic heterocycles. The van der Waals surface area contributed by atoms with E-state index in [9.17, 15) is 35.2 Å². The summed E-state index contributed by atoms with van der Waals surface area (Å²) in [5.74, 6) is -1.40. The van der Waals surface area contributed by atoms with E-state index >= 15 is 0 Å². The number of hydrogen-bond donors (Lipinski definition) is 2. The van der Waals surface area contributed by atoms with Gasteiger partial charge in [0, 0.05) is 11.8 Å². The number of sulfone groups is 1. The van der Waals surface area contributed by atoms with Gasteiger partial charge in [-0.25, -0.2) is 22.8 Å². The molecule has 1 aliphatic rings. The zero-order valence-corrected chi connectivity index (χ0v) is 20.0. The molecule has 1 aromatic carbocycles. The van der Waals surface area contributed by atoms with Crippen LogP contribution in [0.2, 0.25) is 0 Å². The number of aromatic nitrogens is 3. The van der Waals surface area contributed by atoms with E-state index in [1.165, 1.54) is 0 Å². The number of pyridine rings is 1. The molecular weight excluding hydrogens is 521 g/mol. The molecule has 8 nitrogen and oxygen atoms in total. The lowest BCUT2D eigenvalue weighted by Gasteiger charge is -2.31. The Morgan fingerprint density at radius 3 is 2.32 bits per heavy atom. The molecule has 2 unspecified atom stereocenters. The molecule has 37 heavy (non-hydrogen) atoms. The highest BCUT2D eigenvalue weighted by atomic mass is 32.2. The summed E-state index contributed by atoms with van der Waals surface area (Å²) in [7, 11) is -4.58. The highest BCUT2D eigenvalue weighted by molar-refractivity contribution is 7.92. The molecule has 14 heteroatoms. The Bertz CT molecular complexity index is 1410. The van der Waals surface area contributed by atoms with Crippen molar-refractivity contribution in [2.45, 2.75) is 41.7 Å². The summed E-state index contributed by atoms with van der Waals surface area (Å²) < 4.78 is 94.3. The van der Waals surface area contributed by atoms with Gasteiger partial charge < -0.3 is 10.6 Å². The van der Waals surface area contributed by atoms with E-state index in [2.05, 4.69) is 25.6 Å². The van der Waals surface area contributed by atoms with Crippen LogP contribution in [0, 0.1) is 11.9 Å². The summed E-state index contributed by atoms with van der Waals surface area (Å²) in [5.41, 5.74) is -2.00. The van der Waals surface area contributed by atoms with Crippen LogP contribution in [0.25, 0.3) is 11.3 Å². The zero-order valence-electron chi connectivity index (χ0n) is 19.2. The number of carbonyl (C=O) groups excluding carboxylic acids is 1. The number of hydrogen-bond acceptors (Lipinski definition) is 7. The fraction of sp³-hybridized carbons (Fsp3) is 0.304. The number of alkyl halides is 3. The van der Waals surface area contributed by atoms with Gasteiger partial charge in [-0.05, 0) is 68.8 Å².